The average Bonchev–Trinajstić information content (AvgIpc) is 2.53. The molecule has 106 valence electrons. The quantitative estimate of drug-likeness (QED) is 0.629. The summed E-state index contributed by atoms with van der Waals surface area (Å²) in [6.07, 6.45) is 0. The Bertz CT molecular complexity index is 709. The molecule has 0 aromatic heterocycles. The maximum absolute atomic E-state index is 12.0. The van der Waals surface area contributed by atoms with Crippen LogP contribution in [0.3, 0.4) is 0 Å². The molecule has 0 aliphatic rings. The molecule has 0 heterocycles. The van der Waals surface area contributed by atoms with Gasteiger partial charge < -0.3 is 9.47 Å². The molecule has 0 fully saturated rings. The number of benzene rings is 2. The van der Waals surface area contributed by atoms with Crippen LogP contribution in [0, 0.1) is 11.8 Å². The molecule has 0 spiro atoms. The van der Waals surface area contributed by atoms with E-state index < -0.39 is 0 Å². The van der Waals surface area contributed by atoms with Gasteiger partial charge in [0, 0.05) is 11.1 Å². The van der Waals surface area contributed by atoms with E-state index in [9.17, 15) is 4.79 Å². The first kappa shape index (κ1) is 15.1. The highest BCUT2D eigenvalue weighted by Gasteiger charge is 2.03. The summed E-state index contributed by atoms with van der Waals surface area (Å²) >= 11 is 3.37. The molecule has 2 rings (SSSR count). The van der Waals surface area contributed by atoms with Gasteiger partial charge in [-0.3, -0.25) is 4.79 Å². The summed E-state index contributed by atoms with van der Waals surface area (Å²) in [5, 5.41) is 0. The maximum atomic E-state index is 12.0. The number of hydrogen-bond donors (Lipinski definition) is 0. The lowest BCUT2D eigenvalue weighted by atomic mass is 10.1. The summed E-state index contributed by atoms with van der Waals surface area (Å²) in [4.78, 5) is 12.0. The minimum absolute atomic E-state index is 0.237. The second-order valence-electron chi connectivity index (χ2n) is 4.16. The Labute approximate surface area is 132 Å². The van der Waals surface area contributed by atoms with E-state index in [1.165, 1.54) is 0 Å². The highest BCUT2D eigenvalue weighted by molar-refractivity contribution is 9.10. The Balaban J connectivity index is 2.19. The van der Waals surface area contributed by atoms with Crippen LogP contribution in [0.5, 0.6) is 11.5 Å². The Morgan fingerprint density at radius 3 is 2.38 bits per heavy atom. The SMILES string of the molecule is COc1ccc(C(=O)C#Cc2ccc(Br)c(OC)c2)cc1. The van der Waals surface area contributed by atoms with Gasteiger partial charge in [-0.05, 0) is 64.3 Å². The maximum Gasteiger partial charge on any atom is 0.236 e. The molecule has 21 heavy (non-hydrogen) atoms. The number of rotatable bonds is 3. The third kappa shape index (κ3) is 3.87. The first-order valence-electron chi connectivity index (χ1n) is 6.18. The molecule has 0 amide bonds. The van der Waals surface area contributed by atoms with Crippen LogP contribution >= 0.6 is 15.9 Å². The number of hydrogen-bond acceptors (Lipinski definition) is 3. The minimum atomic E-state index is -0.237. The van der Waals surface area contributed by atoms with Crippen LogP contribution < -0.4 is 9.47 Å². The van der Waals surface area contributed by atoms with Gasteiger partial charge >= 0.3 is 0 Å². The molecule has 0 aliphatic heterocycles. The fourth-order valence-electron chi connectivity index (χ4n) is 1.68. The van der Waals surface area contributed by atoms with Gasteiger partial charge in [-0.2, -0.15) is 0 Å². The van der Waals surface area contributed by atoms with E-state index in [1.54, 1.807) is 44.6 Å². The van der Waals surface area contributed by atoms with Crippen LogP contribution in [-0.2, 0) is 0 Å². The van der Waals surface area contributed by atoms with Crippen molar-refractivity contribution < 1.29 is 14.3 Å². The summed E-state index contributed by atoms with van der Waals surface area (Å²) in [5.74, 6) is 6.61. The number of carbonyl (C=O) groups excluding carboxylic acids is 1. The Kier molecular flexibility index (Phi) is 5.02. The molecule has 0 N–H and O–H groups in total. The van der Waals surface area contributed by atoms with Crippen molar-refractivity contribution in [2.24, 2.45) is 0 Å². The summed E-state index contributed by atoms with van der Waals surface area (Å²) < 4.78 is 11.1. The third-order valence-electron chi connectivity index (χ3n) is 2.82. The van der Waals surface area contributed by atoms with Gasteiger partial charge in [0.1, 0.15) is 11.5 Å². The number of carbonyl (C=O) groups is 1. The molecule has 0 bridgehead atoms. The summed E-state index contributed by atoms with van der Waals surface area (Å²) in [7, 11) is 3.16. The lowest BCUT2D eigenvalue weighted by molar-refractivity contribution is 0.105. The zero-order chi connectivity index (χ0) is 15.2. The monoisotopic (exact) mass is 344 g/mol. The van der Waals surface area contributed by atoms with E-state index in [-0.39, 0.29) is 5.78 Å². The lowest BCUT2D eigenvalue weighted by Gasteiger charge is -2.02. The van der Waals surface area contributed by atoms with E-state index in [0.717, 1.165) is 10.0 Å². The van der Waals surface area contributed by atoms with Crippen LogP contribution in [0.25, 0.3) is 0 Å². The number of ketones is 1. The van der Waals surface area contributed by atoms with Crippen molar-refractivity contribution in [1.29, 1.82) is 0 Å². The van der Waals surface area contributed by atoms with E-state index in [0.29, 0.717) is 17.1 Å². The Morgan fingerprint density at radius 1 is 1.05 bits per heavy atom. The molecule has 0 atom stereocenters. The molecule has 0 unspecified atom stereocenters. The van der Waals surface area contributed by atoms with Gasteiger partial charge in [0.25, 0.3) is 0 Å². The van der Waals surface area contributed by atoms with Gasteiger partial charge in [0.2, 0.25) is 5.78 Å². The van der Waals surface area contributed by atoms with Gasteiger partial charge in [-0.25, -0.2) is 0 Å². The third-order valence-corrected chi connectivity index (χ3v) is 3.48. The van der Waals surface area contributed by atoms with E-state index >= 15 is 0 Å². The fraction of sp³-hybridized carbons (Fsp3) is 0.118. The predicted molar refractivity (Wildman–Crippen MR) is 84.9 cm³/mol. The molecular weight excluding hydrogens is 332 g/mol. The molecule has 2 aromatic carbocycles. The first-order valence-corrected chi connectivity index (χ1v) is 6.97. The summed E-state index contributed by atoms with van der Waals surface area (Å²) in [6, 6.07) is 12.3. The van der Waals surface area contributed by atoms with Gasteiger partial charge in [0.05, 0.1) is 18.7 Å². The van der Waals surface area contributed by atoms with Crippen LogP contribution in [0.15, 0.2) is 46.9 Å². The molecule has 4 heteroatoms. The molecule has 0 radical (unpaired) electrons. The highest BCUT2D eigenvalue weighted by atomic mass is 79.9. The predicted octanol–water partition coefficient (Wildman–Crippen LogP) is 3.70. The van der Waals surface area contributed by atoms with Crippen LogP contribution in [0.2, 0.25) is 0 Å². The first-order chi connectivity index (χ1) is 10.1. The Morgan fingerprint density at radius 2 is 1.76 bits per heavy atom. The molecule has 0 saturated carbocycles. The van der Waals surface area contributed by atoms with Gasteiger partial charge in [-0.1, -0.05) is 5.92 Å². The van der Waals surface area contributed by atoms with Crippen LogP contribution in [-0.4, -0.2) is 20.0 Å². The van der Waals surface area contributed by atoms with Crippen molar-refractivity contribution in [3.63, 3.8) is 0 Å². The highest BCUT2D eigenvalue weighted by Crippen LogP contribution is 2.25. The second-order valence-corrected chi connectivity index (χ2v) is 5.01. The molecule has 3 nitrogen and oxygen atoms in total. The van der Waals surface area contributed by atoms with Crippen molar-refractivity contribution in [2.45, 2.75) is 0 Å². The van der Waals surface area contributed by atoms with Crippen LogP contribution in [0.4, 0.5) is 0 Å². The number of halogens is 1. The van der Waals surface area contributed by atoms with Gasteiger partial charge in [-0.15, -0.1) is 0 Å². The second kappa shape index (κ2) is 6.96. The zero-order valence-corrected chi connectivity index (χ0v) is 13.2. The van der Waals surface area contributed by atoms with Crippen molar-refractivity contribution in [1.82, 2.24) is 0 Å². The standard InChI is InChI=1S/C17H13BrO3/c1-20-14-7-5-13(6-8-14)16(19)10-4-12-3-9-15(18)17(11-12)21-2/h3,5-9,11H,1-2H3. The smallest absolute Gasteiger partial charge is 0.236 e. The van der Waals surface area contributed by atoms with Gasteiger partial charge in [0.15, 0.2) is 0 Å². The Hall–Kier alpha value is -2.25. The van der Waals surface area contributed by atoms with Crippen molar-refractivity contribution >= 4 is 21.7 Å². The number of methoxy groups -OCH3 is 2. The fourth-order valence-corrected chi connectivity index (χ4v) is 2.09. The molecule has 0 aliphatic carbocycles. The van der Waals surface area contributed by atoms with Crippen molar-refractivity contribution in [3.05, 3.63) is 58.1 Å². The van der Waals surface area contributed by atoms with E-state index in [1.807, 2.05) is 12.1 Å². The lowest BCUT2D eigenvalue weighted by Crippen LogP contribution is -1.95. The van der Waals surface area contributed by atoms with Crippen LogP contribution in [0.1, 0.15) is 15.9 Å². The van der Waals surface area contributed by atoms with E-state index in [2.05, 4.69) is 27.8 Å². The van der Waals surface area contributed by atoms with E-state index in [4.69, 9.17) is 9.47 Å². The number of ether oxygens (including phenoxy) is 2. The average molecular weight is 345 g/mol. The van der Waals surface area contributed by atoms with Crippen molar-refractivity contribution in [2.75, 3.05) is 14.2 Å². The summed E-state index contributed by atoms with van der Waals surface area (Å²) in [6.45, 7) is 0. The molecular formula is C17H13BrO3. The zero-order valence-electron chi connectivity index (χ0n) is 11.6. The molecule has 0 saturated heterocycles. The van der Waals surface area contributed by atoms with Crippen molar-refractivity contribution in [3.8, 4) is 23.3 Å². The largest absolute Gasteiger partial charge is 0.497 e. The molecule has 2 aromatic rings. The minimum Gasteiger partial charge on any atom is -0.497 e. The summed E-state index contributed by atoms with van der Waals surface area (Å²) in [5.41, 5.74) is 1.25. The normalized spacial score (nSPS) is 9.48. The number of Topliss-reactive ketones (excluding diaryl/α,β-unsaturated/α-hetero) is 1. The topological polar surface area (TPSA) is 35.5 Å².